The number of Topliss-reactive ketones (excluding diaryl/α,β-unsaturated/α-hetero) is 1. The van der Waals surface area contributed by atoms with Crippen LogP contribution >= 0.6 is 0 Å². The highest BCUT2D eigenvalue weighted by Crippen LogP contribution is 2.44. The number of benzene rings is 1. The van der Waals surface area contributed by atoms with Gasteiger partial charge in [0.05, 0.1) is 12.0 Å². The van der Waals surface area contributed by atoms with Gasteiger partial charge in [0.25, 0.3) is 0 Å². The molecule has 0 bridgehead atoms. The number of phenolic OH excluding ortho intramolecular Hbond substituents is 1. The molecule has 38 heavy (non-hydrogen) atoms. The van der Waals surface area contributed by atoms with Crippen molar-refractivity contribution in [1.29, 1.82) is 0 Å². The predicted octanol–water partition coefficient (Wildman–Crippen LogP) is 6.05. The summed E-state index contributed by atoms with van der Waals surface area (Å²) in [5, 5.41) is 21.8. The molecule has 0 amide bonds. The van der Waals surface area contributed by atoms with Gasteiger partial charge in [0.2, 0.25) is 0 Å². The second-order valence-electron chi connectivity index (χ2n) is 10.5. The number of nitrogens with zero attached hydrogens (tertiary/aromatic N) is 2. The minimum atomic E-state index is -1.12. The van der Waals surface area contributed by atoms with Crippen LogP contribution in [0.1, 0.15) is 90.5 Å². The Hall–Kier alpha value is -2.86. The molecule has 0 spiro atoms. The SMILES string of the molecule is CCCCN(CCCC)C1=CC(=O)C(=C2C(=O)C(c3ccc(N(CCCC)CCCC)cc3O)C2O)C=C1. The molecule has 0 radical (unpaired) electrons. The molecule has 1 fully saturated rings. The fourth-order valence-corrected chi connectivity index (χ4v) is 5.19. The average Bonchev–Trinajstić information content (AvgIpc) is 2.91. The van der Waals surface area contributed by atoms with Crippen molar-refractivity contribution in [3.63, 3.8) is 0 Å². The van der Waals surface area contributed by atoms with Gasteiger partial charge in [-0.15, -0.1) is 0 Å². The monoisotopic (exact) mass is 522 g/mol. The minimum Gasteiger partial charge on any atom is -0.508 e. The molecule has 2 unspecified atom stereocenters. The van der Waals surface area contributed by atoms with Crippen LogP contribution in [0.15, 0.2) is 53.3 Å². The normalized spacial score (nSPS) is 20.9. The molecule has 2 aliphatic carbocycles. The zero-order valence-corrected chi connectivity index (χ0v) is 23.7. The number of carbonyl (C=O) groups is 2. The van der Waals surface area contributed by atoms with Crippen LogP contribution in [0.3, 0.4) is 0 Å². The first-order valence-electron chi connectivity index (χ1n) is 14.6. The van der Waals surface area contributed by atoms with Crippen LogP contribution in [0.2, 0.25) is 0 Å². The molecule has 0 saturated heterocycles. The molecular weight excluding hydrogens is 476 g/mol. The van der Waals surface area contributed by atoms with E-state index in [2.05, 4.69) is 37.5 Å². The zero-order chi connectivity index (χ0) is 27.7. The molecule has 2 atom stereocenters. The Bertz CT molecular complexity index is 1060. The van der Waals surface area contributed by atoms with Gasteiger partial charge < -0.3 is 20.0 Å². The van der Waals surface area contributed by atoms with E-state index < -0.39 is 12.0 Å². The quantitative estimate of drug-likeness (QED) is 0.273. The molecule has 208 valence electrons. The van der Waals surface area contributed by atoms with Crippen molar-refractivity contribution >= 4 is 17.3 Å². The molecule has 2 N–H and O–H groups in total. The fraction of sp³-hybridized carbons (Fsp3) is 0.562. The molecule has 0 aliphatic heterocycles. The van der Waals surface area contributed by atoms with E-state index in [1.54, 1.807) is 24.3 Å². The number of aliphatic hydroxyl groups is 1. The number of hydrogen-bond acceptors (Lipinski definition) is 6. The van der Waals surface area contributed by atoms with E-state index >= 15 is 0 Å². The molecule has 3 rings (SSSR count). The Morgan fingerprint density at radius 2 is 1.34 bits per heavy atom. The number of aromatic hydroxyl groups is 1. The van der Waals surface area contributed by atoms with Crippen LogP contribution < -0.4 is 4.90 Å². The number of phenols is 1. The Morgan fingerprint density at radius 1 is 0.789 bits per heavy atom. The van der Waals surface area contributed by atoms with Crippen molar-refractivity contribution in [2.45, 2.75) is 91.1 Å². The maximum absolute atomic E-state index is 13.2. The average molecular weight is 523 g/mol. The van der Waals surface area contributed by atoms with E-state index in [9.17, 15) is 19.8 Å². The number of anilines is 1. The summed E-state index contributed by atoms with van der Waals surface area (Å²) in [7, 11) is 0. The highest BCUT2D eigenvalue weighted by atomic mass is 16.3. The summed E-state index contributed by atoms with van der Waals surface area (Å²) in [5.41, 5.74) is 2.61. The third-order valence-corrected chi connectivity index (χ3v) is 7.62. The van der Waals surface area contributed by atoms with Gasteiger partial charge in [-0.05, 0) is 43.9 Å². The molecule has 0 heterocycles. The summed E-state index contributed by atoms with van der Waals surface area (Å²) in [6, 6.07) is 5.37. The van der Waals surface area contributed by atoms with E-state index in [-0.39, 0.29) is 28.5 Å². The highest BCUT2D eigenvalue weighted by molar-refractivity contribution is 6.19. The lowest BCUT2D eigenvalue weighted by molar-refractivity contribution is -0.126. The van der Waals surface area contributed by atoms with Crippen molar-refractivity contribution in [3.05, 3.63) is 58.8 Å². The van der Waals surface area contributed by atoms with E-state index in [0.717, 1.165) is 88.9 Å². The van der Waals surface area contributed by atoms with Crippen LogP contribution in [0, 0.1) is 0 Å². The van der Waals surface area contributed by atoms with E-state index in [1.165, 1.54) is 0 Å². The summed E-state index contributed by atoms with van der Waals surface area (Å²) in [6.45, 7) is 12.2. The lowest BCUT2D eigenvalue weighted by atomic mass is 9.68. The van der Waals surface area contributed by atoms with Crippen molar-refractivity contribution in [2.75, 3.05) is 31.1 Å². The second-order valence-corrected chi connectivity index (χ2v) is 10.5. The van der Waals surface area contributed by atoms with Crippen LogP contribution in [-0.4, -0.2) is 59.0 Å². The third-order valence-electron chi connectivity index (χ3n) is 7.62. The number of carbonyl (C=O) groups excluding carboxylic acids is 2. The van der Waals surface area contributed by atoms with Crippen LogP contribution in [0.4, 0.5) is 5.69 Å². The number of rotatable bonds is 15. The molecule has 6 nitrogen and oxygen atoms in total. The summed E-state index contributed by atoms with van der Waals surface area (Å²) < 4.78 is 0. The highest BCUT2D eigenvalue weighted by Gasteiger charge is 2.48. The Morgan fingerprint density at radius 3 is 1.82 bits per heavy atom. The summed E-state index contributed by atoms with van der Waals surface area (Å²) in [5.74, 6) is -1.39. The number of unbranched alkanes of at least 4 members (excludes halogenated alkanes) is 4. The lowest BCUT2D eigenvalue weighted by Crippen LogP contribution is -2.44. The summed E-state index contributed by atoms with van der Waals surface area (Å²) in [6.07, 6.45) is 12.6. The van der Waals surface area contributed by atoms with Gasteiger partial charge in [-0.3, -0.25) is 9.59 Å². The number of allylic oxidation sites excluding steroid dienone is 4. The van der Waals surface area contributed by atoms with Crippen molar-refractivity contribution in [2.24, 2.45) is 0 Å². The summed E-state index contributed by atoms with van der Waals surface area (Å²) >= 11 is 0. The molecule has 2 aliphatic rings. The van der Waals surface area contributed by atoms with E-state index in [1.807, 2.05) is 12.1 Å². The van der Waals surface area contributed by atoms with Crippen LogP contribution in [0.5, 0.6) is 5.75 Å². The fourth-order valence-electron chi connectivity index (χ4n) is 5.19. The van der Waals surface area contributed by atoms with Gasteiger partial charge in [0.1, 0.15) is 5.75 Å². The topological polar surface area (TPSA) is 81.1 Å². The molecule has 1 aromatic rings. The largest absolute Gasteiger partial charge is 0.508 e. The number of aliphatic hydroxyl groups excluding tert-OH is 1. The Kier molecular flexibility index (Phi) is 11.2. The zero-order valence-electron chi connectivity index (χ0n) is 23.7. The van der Waals surface area contributed by atoms with E-state index in [0.29, 0.717) is 5.56 Å². The van der Waals surface area contributed by atoms with Gasteiger partial charge in [0, 0.05) is 66.4 Å². The predicted molar refractivity (Wildman–Crippen MR) is 155 cm³/mol. The molecule has 6 heteroatoms. The standard InChI is InChI=1S/C32H46N2O4/c1-5-9-17-33(18-10-6-2)23-13-15-25(27(35)21-23)29-31(37)30(32(29)38)26-16-14-24(22-28(26)36)34(19-11-7-3)20-12-8-4/h13-16,21-22,29,31,35,37H,5-12,17-20H2,1-4H3. The first kappa shape index (κ1) is 29.7. The Labute approximate surface area is 228 Å². The van der Waals surface area contributed by atoms with Gasteiger partial charge >= 0.3 is 0 Å². The van der Waals surface area contributed by atoms with Gasteiger partial charge in [-0.25, -0.2) is 0 Å². The van der Waals surface area contributed by atoms with Crippen LogP contribution in [0.25, 0.3) is 0 Å². The number of hydrogen-bond donors (Lipinski definition) is 2. The second kappa shape index (κ2) is 14.3. The number of ketones is 2. The Balaban J connectivity index is 1.78. The first-order chi connectivity index (χ1) is 18.4. The van der Waals surface area contributed by atoms with Crippen LogP contribution in [-0.2, 0) is 9.59 Å². The molecule has 1 aromatic carbocycles. The van der Waals surface area contributed by atoms with Gasteiger partial charge in [-0.1, -0.05) is 59.4 Å². The molecular formula is C32H46N2O4. The van der Waals surface area contributed by atoms with Gasteiger partial charge in [-0.2, -0.15) is 0 Å². The lowest BCUT2D eigenvalue weighted by Gasteiger charge is -2.36. The first-order valence-corrected chi connectivity index (χ1v) is 14.6. The maximum atomic E-state index is 13.2. The van der Waals surface area contributed by atoms with Crippen molar-refractivity contribution in [1.82, 2.24) is 4.90 Å². The molecule has 0 aromatic heterocycles. The van der Waals surface area contributed by atoms with Crippen molar-refractivity contribution < 1.29 is 19.8 Å². The minimum absolute atomic E-state index is 0.0112. The van der Waals surface area contributed by atoms with Gasteiger partial charge in [0.15, 0.2) is 11.6 Å². The maximum Gasteiger partial charge on any atom is 0.188 e. The van der Waals surface area contributed by atoms with Crippen molar-refractivity contribution in [3.8, 4) is 5.75 Å². The third kappa shape index (κ3) is 6.76. The molecule has 1 saturated carbocycles. The van der Waals surface area contributed by atoms with E-state index in [4.69, 9.17) is 0 Å². The summed E-state index contributed by atoms with van der Waals surface area (Å²) in [4.78, 5) is 30.8. The smallest absolute Gasteiger partial charge is 0.188 e.